The predicted octanol–water partition coefficient (Wildman–Crippen LogP) is 5.56. The van der Waals surface area contributed by atoms with Crippen molar-refractivity contribution >= 4 is 46.1 Å². The predicted molar refractivity (Wildman–Crippen MR) is 128 cm³/mol. The SMILES string of the molecule is CCN(CC)CCCCOc1ccc(/C=C/c2nc3ccccc3s2)cc1.Cl.O. The number of para-hydroxylation sites is 1. The molecule has 0 fully saturated rings. The summed E-state index contributed by atoms with van der Waals surface area (Å²) in [6.45, 7) is 8.63. The van der Waals surface area contributed by atoms with Gasteiger partial charge in [0, 0.05) is 0 Å². The van der Waals surface area contributed by atoms with E-state index in [0.29, 0.717) is 0 Å². The van der Waals surface area contributed by atoms with Crippen molar-refractivity contribution in [1.29, 1.82) is 0 Å². The Balaban J connectivity index is 0.00000210. The number of hydrogen-bond donors (Lipinski definition) is 0. The van der Waals surface area contributed by atoms with Crippen molar-refractivity contribution in [3.8, 4) is 5.75 Å². The Kier molecular flexibility index (Phi) is 11.5. The molecule has 0 atom stereocenters. The minimum atomic E-state index is 0. The molecule has 0 aliphatic carbocycles. The summed E-state index contributed by atoms with van der Waals surface area (Å²) in [6, 6.07) is 16.5. The van der Waals surface area contributed by atoms with Crippen molar-refractivity contribution in [2.45, 2.75) is 26.7 Å². The number of halogens is 1. The molecular formula is C23H31ClN2O2S. The van der Waals surface area contributed by atoms with Crippen LogP contribution in [-0.4, -0.2) is 41.6 Å². The van der Waals surface area contributed by atoms with Gasteiger partial charge in [-0.25, -0.2) is 4.98 Å². The van der Waals surface area contributed by atoms with Gasteiger partial charge < -0.3 is 15.1 Å². The lowest BCUT2D eigenvalue weighted by Crippen LogP contribution is -2.24. The van der Waals surface area contributed by atoms with Gasteiger partial charge in [-0.15, -0.1) is 23.7 Å². The lowest BCUT2D eigenvalue weighted by molar-refractivity contribution is 0.266. The van der Waals surface area contributed by atoms with Crippen molar-refractivity contribution in [1.82, 2.24) is 9.88 Å². The van der Waals surface area contributed by atoms with Crippen LogP contribution in [0.5, 0.6) is 5.75 Å². The molecule has 0 spiro atoms. The van der Waals surface area contributed by atoms with Crippen LogP contribution in [0.3, 0.4) is 0 Å². The quantitative estimate of drug-likeness (QED) is 0.392. The minimum absolute atomic E-state index is 0. The van der Waals surface area contributed by atoms with E-state index >= 15 is 0 Å². The third-order valence-electron chi connectivity index (χ3n) is 4.64. The molecule has 3 aromatic rings. The van der Waals surface area contributed by atoms with E-state index in [1.54, 1.807) is 11.3 Å². The van der Waals surface area contributed by atoms with Crippen molar-refractivity contribution < 1.29 is 10.2 Å². The summed E-state index contributed by atoms with van der Waals surface area (Å²) in [5.41, 5.74) is 2.22. The van der Waals surface area contributed by atoms with Crippen LogP contribution < -0.4 is 4.74 Å². The molecule has 158 valence electrons. The Morgan fingerprint density at radius 3 is 2.38 bits per heavy atom. The number of fused-ring (bicyclic) bond motifs is 1. The number of ether oxygens (including phenoxy) is 1. The Morgan fingerprint density at radius 2 is 1.69 bits per heavy atom. The Hall–Kier alpha value is -1.92. The van der Waals surface area contributed by atoms with E-state index in [9.17, 15) is 0 Å². The molecule has 6 heteroatoms. The normalized spacial score (nSPS) is 10.9. The minimum Gasteiger partial charge on any atom is -0.494 e. The molecule has 0 aliphatic heterocycles. The maximum Gasteiger partial charge on any atom is 0.119 e. The summed E-state index contributed by atoms with van der Waals surface area (Å²) in [5.74, 6) is 0.940. The maximum atomic E-state index is 5.86. The molecule has 29 heavy (non-hydrogen) atoms. The molecule has 0 radical (unpaired) electrons. The molecule has 1 aromatic heterocycles. The van der Waals surface area contributed by atoms with Gasteiger partial charge in [0.05, 0.1) is 16.8 Å². The van der Waals surface area contributed by atoms with Crippen molar-refractivity contribution in [2.75, 3.05) is 26.2 Å². The fourth-order valence-electron chi connectivity index (χ4n) is 2.97. The van der Waals surface area contributed by atoms with Crippen LogP contribution in [0.25, 0.3) is 22.4 Å². The van der Waals surface area contributed by atoms with Crippen LogP contribution in [0, 0.1) is 0 Å². The maximum absolute atomic E-state index is 5.86. The lowest BCUT2D eigenvalue weighted by Gasteiger charge is -2.17. The second-order valence-electron chi connectivity index (χ2n) is 6.50. The highest BCUT2D eigenvalue weighted by Crippen LogP contribution is 2.23. The Bertz CT molecular complexity index is 828. The molecule has 0 amide bonds. The monoisotopic (exact) mass is 434 g/mol. The van der Waals surface area contributed by atoms with E-state index in [0.717, 1.165) is 54.5 Å². The first-order chi connectivity index (χ1) is 13.3. The molecule has 4 nitrogen and oxygen atoms in total. The van der Waals surface area contributed by atoms with Crippen LogP contribution in [0.1, 0.15) is 37.3 Å². The number of thiazole rings is 1. The number of unbranched alkanes of at least 4 members (excludes halogenated alkanes) is 1. The van der Waals surface area contributed by atoms with E-state index in [-0.39, 0.29) is 17.9 Å². The van der Waals surface area contributed by atoms with Crippen molar-refractivity contribution in [2.24, 2.45) is 0 Å². The van der Waals surface area contributed by atoms with Gasteiger partial charge in [0.1, 0.15) is 10.8 Å². The van der Waals surface area contributed by atoms with Crippen molar-refractivity contribution in [3.63, 3.8) is 0 Å². The molecule has 1 heterocycles. The second-order valence-corrected chi connectivity index (χ2v) is 7.57. The summed E-state index contributed by atoms with van der Waals surface area (Å²) < 4.78 is 7.08. The molecule has 2 aromatic carbocycles. The molecule has 0 saturated heterocycles. The molecule has 3 rings (SSSR count). The first-order valence-electron chi connectivity index (χ1n) is 9.77. The molecular weight excluding hydrogens is 404 g/mol. The second kappa shape index (κ2) is 13.3. The number of rotatable bonds is 10. The highest BCUT2D eigenvalue weighted by atomic mass is 35.5. The van der Waals surface area contributed by atoms with Gasteiger partial charge in [-0.3, -0.25) is 0 Å². The molecule has 0 aliphatic rings. The van der Waals surface area contributed by atoms with E-state index in [4.69, 9.17) is 4.74 Å². The lowest BCUT2D eigenvalue weighted by atomic mass is 10.2. The van der Waals surface area contributed by atoms with Gasteiger partial charge in [-0.2, -0.15) is 0 Å². The Labute approximate surface area is 183 Å². The Morgan fingerprint density at radius 1 is 0.966 bits per heavy atom. The van der Waals surface area contributed by atoms with E-state index in [1.807, 2.05) is 18.2 Å². The smallest absolute Gasteiger partial charge is 0.119 e. The number of aromatic nitrogens is 1. The van der Waals surface area contributed by atoms with Crippen LogP contribution in [-0.2, 0) is 0 Å². The van der Waals surface area contributed by atoms with E-state index in [2.05, 4.69) is 66.2 Å². The first-order valence-corrected chi connectivity index (χ1v) is 10.6. The topological polar surface area (TPSA) is 56.9 Å². The molecule has 0 unspecified atom stereocenters. The third-order valence-corrected chi connectivity index (χ3v) is 5.64. The highest BCUT2D eigenvalue weighted by molar-refractivity contribution is 7.19. The highest BCUT2D eigenvalue weighted by Gasteiger charge is 2.01. The third kappa shape index (κ3) is 7.78. The van der Waals surface area contributed by atoms with Gasteiger partial charge >= 0.3 is 0 Å². The van der Waals surface area contributed by atoms with Gasteiger partial charge in [0.15, 0.2) is 0 Å². The first kappa shape index (κ1) is 25.1. The van der Waals surface area contributed by atoms with E-state index in [1.165, 1.54) is 11.1 Å². The average Bonchev–Trinajstić information content (AvgIpc) is 3.13. The standard InChI is InChI=1S/C23H28N2OS.ClH.H2O/c1-3-25(4-2)17-7-8-18-26-20-14-11-19(12-15-20)13-16-23-24-21-9-5-6-10-22(21)27-23;;/h5-6,9-16H,3-4,7-8,17-18H2,1-2H3;1H;1H2/b16-13+;;. The summed E-state index contributed by atoms with van der Waals surface area (Å²) in [5, 5.41) is 1.03. The van der Waals surface area contributed by atoms with Crippen LogP contribution in [0.2, 0.25) is 0 Å². The van der Waals surface area contributed by atoms with Crippen molar-refractivity contribution in [3.05, 3.63) is 59.1 Å². The summed E-state index contributed by atoms with van der Waals surface area (Å²) >= 11 is 1.71. The number of hydrogen-bond acceptors (Lipinski definition) is 4. The molecule has 0 bridgehead atoms. The van der Waals surface area contributed by atoms with Crippen LogP contribution >= 0.6 is 23.7 Å². The van der Waals surface area contributed by atoms with Crippen LogP contribution in [0.15, 0.2) is 48.5 Å². The van der Waals surface area contributed by atoms with E-state index < -0.39 is 0 Å². The summed E-state index contributed by atoms with van der Waals surface area (Å²) in [6.07, 6.45) is 6.46. The number of benzene rings is 2. The average molecular weight is 435 g/mol. The summed E-state index contributed by atoms with van der Waals surface area (Å²) in [7, 11) is 0. The molecule has 2 N–H and O–H groups in total. The van der Waals surface area contributed by atoms with Crippen LogP contribution in [0.4, 0.5) is 0 Å². The van der Waals surface area contributed by atoms with Gasteiger partial charge in [0.2, 0.25) is 0 Å². The van der Waals surface area contributed by atoms with Gasteiger partial charge in [0.25, 0.3) is 0 Å². The zero-order valence-corrected chi connectivity index (χ0v) is 18.8. The zero-order chi connectivity index (χ0) is 18.9. The fraction of sp³-hybridized carbons (Fsp3) is 0.348. The summed E-state index contributed by atoms with van der Waals surface area (Å²) in [4.78, 5) is 7.08. The van der Waals surface area contributed by atoms with Gasteiger partial charge in [-0.05, 0) is 68.4 Å². The molecule has 0 saturated carbocycles. The zero-order valence-electron chi connectivity index (χ0n) is 17.1. The number of nitrogens with zero attached hydrogens (tertiary/aromatic N) is 2. The van der Waals surface area contributed by atoms with Gasteiger partial charge in [-0.1, -0.05) is 44.2 Å². The fourth-order valence-corrected chi connectivity index (χ4v) is 3.84. The largest absolute Gasteiger partial charge is 0.494 e.